The van der Waals surface area contributed by atoms with Gasteiger partial charge in [0.1, 0.15) is 0 Å². The summed E-state index contributed by atoms with van der Waals surface area (Å²) in [6, 6.07) is 1.32. The average molecular weight is 149 g/mol. The van der Waals surface area contributed by atoms with E-state index in [1.54, 1.807) is 0 Å². The van der Waals surface area contributed by atoms with Crippen molar-refractivity contribution in [2.75, 3.05) is 0 Å². The van der Waals surface area contributed by atoms with Crippen LogP contribution < -0.4 is 5.32 Å². The molecule has 2 rings (SSSR count). The summed E-state index contributed by atoms with van der Waals surface area (Å²) < 4.78 is 0. The van der Waals surface area contributed by atoms with Crippen molar-refractivity contribution in [3.05, 3.63) is 24.3 Å². The monoisotopic (exact) mass is 149 g/mol. The van der Waals surface area contributed by atoms with Gasteiger partial charge in [0.15, 0.2) is 0 Å². The molecule has 1 saturated heterocycles. The lowest BCUT2D eigenvalue weighted by Crippen LogP contribution is -2.45. The predicted molar refractivity (Wildman–Crippen MR) is 47.4 cm³/mol. The molecule has 1 aliphatic heterocycles. The molecule has 0 bridgehead atoms. The van der Waals surface area contributed by atoms with Gasteiger partial charge in [-0.3, -0.25) is 0 Å². The van der Waals surface area contributed by atoms with E-state index in [1.165, 1.54) is 12.8 Å². The lowest BCUT2D eigenvalue weighted by molar-refractivity contribution is 0.313. The van der Waals surface area contributed by atoms with Crippen LogP contribution >= 0.6 is 0 Å². The number of hydrogen-bond donors (Lipinski definition) is 1. The Morgan fingerprint density at radius 1 is 1.18 bits per heavy atom. The van der Waals surface area contributed by atoms with E-state index >= 15 is 0 Å². The molecule has 3 unspecified atom stereocenters. The number of allylic oxidation sites excluding steroid dienone is 2. The minimum Gasteiger partial charge on any atom is -0.307 e. The van der Waals surface area contributed by atoms with Crippen molar-refractivity contribution in [1.82, 2.24) is 5.32 Å². The molecule has 3 atom stereocenters. The largest absolute Gasteiger partial charge is 0.307 e. The topological polar surface area (TPSA) is 12.0 Å². The average Bonchev–Trinajstić information content (AvgIpc) is 2.04. The minimum atomic E-state index is 0.615. The van der Waals surface area contributed by atoms with Crippen molar-refractivity contribution in [3.8, 4) is 0 Å². The summed E-state index contributed by atoms with van der Waals surface area (Å²) in [6.45, 7) is 2.27. The third-order valence-electron chi connectivity index (χ3n) is 2.66. The summed E-state index contributed by atoms with van der Waals surface area (Å²) in [6.07, 6.45) is 11.6. The Labute approximate surface area is 68.2 Å². The van der Waals surface area contributed by atoms with Crippen LogP contribution in [0.4, 0.5) is 0 Å². The number of hydrogen-bond acceptors (Lipinski definition) is 1. The van der Waals surface area contributed by atoms with Gasteiger partial charge < -0.3 is 5.32 Å². The van der Waals surface area contributed by atoms with Crippen LogP contribution in [0.2, 0.25) is 0 Å². The molecule has 0 aromatic heterocycles. The first-order valence-corrected chi connectivity index (χ1v) is 4.47. The molecular weight excluding hydrogens is 134 g/mol. The Balaban J connectivity index is 2.07. The Hall–Kier alpha value is -0.560. The molecule has 2 aliphatic rings. The van der Waals surface area contributed by atoms with Crippen molar-refractivity contribution >= 4 is 0 Å². The summed E-state index contributed by atoms with van der Waals surface area (Å²) in [7, 11) is 0. The second-order valence-corrected chi connectivity index (χ2v) is 3.60. The minimum absolute atomic E-state index is 0.615. The number of piperidine rings is 1. The van der Waals surface area contributed by atoms with Gasteiger partial charge in [0.25, 0.3) is 0 Å². The first-order valence-electron chi connectivity index (χ1n) is 4.47. The molecule has 60 valence electrons. The van der Waals surface area contributed by atoms with Gasteiger partial charge in [-0.05, 0) is 25.7 Å². The summed E-state index contributed by atoms with van der Waals surface area (Å²) in [5, 5.41) is 3.58. The molecule has 0 aromatic carbocycles. The van der Waals surface area contributed by atoms with Gasteiger partial charge in [-0.15, -0.1) is 0 Å². The highest BCUT2D eigenvalue weighted by atomic mass is 15.0. The molecule has 1 fully saturated rings. The molecule has 1 nitrogen and oxygen atoms in total. The van der Waals surface area contributed by atoms with E-state index in [1.807, 2.05) is 0 Å². The maximum atomic E-state index is 3.58. The zero-order chi connectivity index (χ0) is 7.68. The highest BCUT2D eigenvalue weighted by Crippen LogP contribution is 2.24. The van der Waals surface area contributed by atoms with Crippen LogP contribution in [-0.4, -0.2) is 12.1 Å². The van der Waals surface area contributed by atoms with Crippen molar-refractivity contribution in [1.29, 1.82) is 0 Å². The standard InChI is InChI=1S/C10H15N/c1-8-6-7-9-4-2-3-5-10(9)11-8/h2-5,8-11H,6-7H2,1H3. The van der Waals surface area contributed by atoms with Crippen molar-refractivity contribution in [2.24, 2.45) is 5.92 Å². The molecule has 0 amide bonds. The van der Waals surface area contributed by atoms with Crippen LogP contribution in [0, 0.1) is 5.92 Å². The van der Waals surface area contributed by atoms with E-state index < -0.39 is 0 Å². The van der Waals surface area contributed by atoms with E-state index in [-0.39, 0.29) is 0 Å². The van der Waals surface area contributed by atoms with E-state index in [4.69, 9.17) is 0 Å². The van der Waals surface area contributed by atoms with Crippen LogP contribution in [-0.2, 0) is 0 Å². The number of nitrogens with one attached hydrogen (secondary N) is 1. The molecule has 0 aromatic rings. The molecule has 11 heavy (non-hydrogen) atoms. The molecule has 0 spiro atoms. The van der Waals surface area contributed by atoms with Gasteiger partial charge in [0.05, 0.1) is 0 Å². The highest BCUT2D eigenvalue weighted by molar-refractivity contribution is 5.18. The van der Waals surface area contributed by atoms with Gasteiger partial charge in [0, 0.05) is 12.1 Å². The zero-order valence-corrected chi connectivity index (χ0v) is 6.96. The Bertz CT molecular complexity index is 193. The maximum Gasteiger partial charge on any atom is 0.0318 e. The van der Waals surface area contributed by atoms with Crippen LogP contribution in [0.15, 0.2) is 24.3 Å². The van der Waals surface area contributed by atoms with Crippen molar-refractivity contribution in [2.45, 2.75) is 31.8 Å². The molecule has 1 aliphatic carbocycles. The normalized spacial score (nSPS) is 42.1. The van der Waals surface area contributed by atoms with Crippen LogP contribution in [0.25, 0.3) is 0 Å². The lowest BCUT2D eigenvalue weighted by Gasteiger charge is -2.34. The quantitative estimate of drug-likeness (QED) is 0.554. The maximum absolute atomic E-state index is 3.58. The van der Waals surface area contributed by atoms with E-state index in [2.05, 4.69) is 36.5 Å². The molecule has 0 saturated carbocycles. The molecule has 0 radical (unpaired) electrons. The third-order valence-corrected chi connectivity index (χ3v) is 2.66. The molecular formula is C10H15N. The first-order chi connectivity index (χ1) is 5.36. The van der Waals surface area contributed by atoms with Gasteiger partial charge in [-0.1, -0.05) is 24.3 Å². The lowest BCUT2D eigenvalue weighted by atomic mass is 9.85. The van der Waals surface area contributed by atoms with Crippen LogP contribution in [0.5, 0.6) is 0 Å². The highest BCUT2D eigenvalue weighted by Gasteiger charge is 2.24. The first kappa shape index (κ1) is 7.11. The number of rotatable bonds is 0. The SMILES string of the molecule is CC1CCC2C=CC=CC2N1. The number of fused-ring (bicyclic) bond motifs is 1. The zero-order valence-electron chi connectivity index (χ0n) is 6.96. The van der Waals surface area contributed by atoms with E-state index in [0.29, 0.717) is 12.1 Å². The summed E-state index contributed by atoms with van der Waals surface area (Å²) in [4.78, 5) is 0. The molecule has 1 heteroatoms. The third kappa shape index (κ3) is 1.38. The fourth-order valence-electron chi connectivity index (χ4n) is 1.96. The van der Waals surface area contributed by atoms with Gasteiger partial charge in [-0.2, -0.15) is 0 Å². The Morgan fingerprint density at radius 3 is 2.91 bits per heavy atom. The predicted octanol–water partition coefficient (Wildman–Crippen LogP) is 1.87. The Kier molecular flexibility index (Phi) is 1.82. The van der Waals surface area contributed by atoms with Gasteiger partial charge >= 0.3 is 0 Å². The van der Waals surface area contributed by atoms with Gasteiger partial charge in [0.2, 0.25) is 0 Å². The molecule has 1 heterocycles. The van der Waals surface area contributed by atoms with Crippen molar-refractivity contribution < 1.29 is 0 Å². The fraction of sp³-hybridized carbons (Fsp3) is 0.600. The van der Waals surface area contributed by atoms with Gasteiger partial charge in [-0.25, -0.2) is 0 Å². The second kappa shape index (κ2) is 2.82. The summed E-state index contributed by atoms with van der Waals surface area (Å²) >= 11 is 0. The van der Waals surface area contributed by atoms with E-state index in [0.717, 1.165) is 5.92 Å². The van der Waals surface area contributed by atoms with E-state index in [9.17, 15) is 0 Å². The van der Waals surface area contributed by atoms with Crippen LogP contribution in [0.3, 0.4) is 0 Å². The second-order valence-electron chi connectivity index (χ2n) is 3.60. The Morgan fingerprint density at radius 2 is 2.00 bits per heavy atom. The fourth-order valence-corrected chi connectivity index (χ4v) is 1.96. The smallest absolute Gasteiger partial charge is 0.0318 e. The van der Waals surface area contributed by atoms with Crippen molar-refractivity contribution in [3.63, 3.8) is 0 Å². The summed E-state index contributed by atoms with van der Waals surface area (Å²) in [5.74, 6) is 0.760. The molecule has 1 N–H and O–H groups in total. The van der Waals surface area contributed by atoms with Crippen LogP contribution in [0.1, 0.15) is 19.8 Å². The summed E-state index contributed by atoms with van der Waals surface area (Å²) in [5.41, 5.74) is 0.